The van der Waals surface area contributed by atoms with Crippen molar-refractivity contribution in [3.8, 4) is 6.07 Å². The maximum absolute atomic E-state index is 9.61. The minimum absolute atomic E-state index is 0.272. The van der Waals surface area contributed by atoms with Crippen LogP contribution in [0.2, 0.25) is 0 Å². The highest BCUT2D eigenvalue weighted by atomic mass is 16.3. The zero-order valence-electron chi connectivity index (χ0n) is 7.93. The van der Waals surface area contributed by atoms with Gasteiger partial charge in [0, 0.05) is 0 Å². The number of piperidine rings is 1. The number of nitrogens with one attached hydrogen (secondary N) is 1. The normalized spacial score (nSPS) is 20.2. The zero-order chi connectivity index (χ0) is 9.45. The molecule has 1 rings (SSSR count). The van der Waals surface area contributed by atoms with Gasteiger partial charge in [-0.3, -0.25) is 0 Å². The molecule has 1 aliphatic heterocycles. The number of hydrogen-bond donors (Lipinski definition) is 2. The van der Waals surface area contributed by atoms with Crippen LogP contribution in [0.4, 0.5) is 0 Å². The van der Waals surface area contributed by atoms with Crippen LogP contribution >= 0.6 is 0 Å². The Morgan fingerprint density at radius 2 is 1.92 bits per heavy atom. The molecule has 0 aromatic carbocycles. The summed E-state index contributed by atoms with van der Waals surface area (Å²) in [5, 5.41) is 21.1. The average Bonchev–Trinajstić information content (AvgIpc) is 2.09. The molecule has 2 N–H and O–H groups in total. The fraction of sp³-hybridized carbons (Fsp3) is 0.889. The van der Waals surface area contributed by atoms with Crippen molar-refractivity contribution in [1.82, 2.24) is 5.32 Å². The van der Waals surface area contributed by atoms with Gasteiger partial charge in [-0.05, 0) is 25.9 Å². The topological polar surface area (TPSA) is 56.0 Å². The monoisotopic (exact) mass is 170 g/mol. The molecule has 0 spiro atoms. The van der Waals surface area contributed by atoms with Gasteiger partial charge in [0.2, 0.25) is 0 Å². The second-order valence-corrected chi connectivity index (χ2v) is 2.81. The molecule has 0 atom stereocenters. The largest absolute Gasteiger partial charge is 0.389 e. The van der Waals surface area contributed by atoms with E-state index in [1.165, 1.54) is 0 Å². The third-order valence-electron chi connectivity index (χ3n) is 1.94. The first kappa shape index (κ1) is 11.4. The molecule has 1 heterocycles. The van der Waals surface area contributed by atoms with Crippen LogP contribution in [0.5, 0.6) is 0 Å². The van der Waals surface area contributed by atoms with Gasteiger partial charge in [-0.1, -0.05) is 13.8 Å². The second-order valence-electron chi connectivity index (χ2n) is 2.81. The lowest BCUT2D eigenvalue weighted by Crippen LogP contribution is -2.41. The summed E-state index contributed by atoms with van der Waals surface area (Å²) in [6.45, 7) is 5.66. The predicted octanol–water partition coefficient (Wildman–Crippen LogP) is 1.04. The van der Waals surface area contributed by atoms with Gasteiger partial charge >= 0.3 is 0 Å². The molecule has 3 nitrogen and oxygen atoms in total. The van der Waals surface area contributed by atoms with Crippen molar-refractivity contribution in [2.45, 2.75) is 38.7 Å². The van der Waals surface area contributed by atoms with E-state index in [1.54, 1.807) is 0 Å². The van der Waals surface area contributed by atoms with Crippen LogP contribution in [0.1, 0.15) is 33.1 Å². The van der Waals surface area contributed by atoms with Crippen molar-refractivity contribution in [2.24, 2.45) is 0 Å². The van der Waals surface area contributed by atoms with Gasteiger partial charge in [-0.15, -0.1) is 0 Å². The smallest absolute Gasteiger partial charge is 0.0801 e. The maximum atomic E-state index is 9.61. The van der Waals surface area contributed by atoms with Crippen LogP contribution in [0.25, 0.3) is 0 Å². The molecule has 70 valence electrons. The summed E-state index contributed by atoms with van der Waals surface area (Å²) in [5.74, 6) is 0. The Kier molecular flexibility index (Phi) is 5.69. The lowest BCUT2D eigenvalue weighted by atomic mass is 9.90. The van der Waals surface area contributed by atoms with Gasteiger partial charge in [0.1, 0.15) is 0 Å². The molecular formula is C9H18N2O. The molecule has 1 fully saturated rings. The number of hydrogen-bond acceptors (Lipinski definition) is 3. The van der Waals surface area contributed by atoms with Crippen molar-refractivity contribution >= 4 is 0 Å². The van der Waals surface area contributed by atoms with E-state index in [0.29, 0.717) is 12.8 Å². The minimum atomic E-state index is -0.694. The second kappa shape index (κ2) is 5.99. The maximum Gasteiger partial charge on any atom is 0.0801 e. The summed E-state index contributed by atoms with van der Waals surface area (Å²) in [7, 11) is 0. The first-order valence-electron chi connectivity index (χ1n) is 4.57. The molecule has 3 heteroatoms. The van der Waals surface area contributed by atoms with Gasteiger partial charge in [0.15, 0.2) is 0 Å². The Morgan fingerprint density at radius 3 is 2.33 bits per heavy atom. The van der Waals surface area contributed by atoms with E-state index >= 15 is 0 Å². The summed E-state index contributed by atoms with van der Waals surface area (Å²) < 4.78 is 0. The van der Waals surface area contributed by atoms with E-state index in [4.69, 9.17) is 5.26 Å². The molecule has 0 aromatic rings. The van der Waals surface area contributed by atoms with Crippen LogP contribution in [0.15, 0.2) is 0 Å². The van der Waals surface area contributed by atoms with E-state index in [0.717, 1.165) is 13.1 Å². The molecule has 0 amide bonds. The molecule has 0 saturated carbocycles. The molecule has 1 saturated heterocycles. The Hall–Kier alpha value is -0.590. The number of aliphatic hydroxyl groups is 1. The highest BCUT2D eigenvalue weighted by molar-refractivity contribution is 4.91. The summed E-state index contributed by atoms with van der Waals surface area (Å²) in [6.07, 6.45) is 1.69. The van der Waals surface area contributed by atoms with Gasteiger partial charge in [-0.25, -0.2) is 0 Å². The summed E-state index contributed by atoms with van der Waals surface area (Å²) in [6, 6.07) is 2.00. The van der Waals surface area contributed by atoms with Crippen LogP contribution in [0.3, 0.4) is 0 Å². The van der Waals surface area contributed by atoms with Crippen molar-refractivity contribution < 1.29 is 5.11 Å². The Balaban J connectivity index is 0.000000561. The van der Waals surface area contributed by atoms with E-state index in [1.807, 2.05) is 19.9 Å². The first-order valence-corrected chi connectivity index (χ1v) is 4.57. The van der Waals surface area contributed by atoms with Gasteiger partial charge in [-0.2, -0.15) is 5.26 Å². The molecule has 12 heavy (non-hydrogen) atoms. The Bertz CT molecular complexity index is 145. The Morgan fingerprint density at radius 1 is 1.42 bits per heavy atom. The predicted molar refractivity (Wildman–Crippen MR) is 48.6 cm³/mol. The SMILES string of the molecule is CC.N#CCC1(O)CCNCC1. The van der Waals surface area contributed by atoms with E-state index < -0.39 is 5.60 Å². The van der Waals surface area contributed by atoms with Crippen LogP contribution in [-0.4, -0.2) is 23.8 Å². The van der Waals surface area contributed by atoms with E-state index in [9.17, 15) is 5.11 Å². The van der Waals surface area contributed by atoms with E-state index in [-0.39, 0.29) is 6.42 Å². The van der Waals surface area contributed by atoms with Crippen LogP contribution < -0.4 is 5.32 Å². The third kappa shape index (κ3) is 3.70. The molecule has 0 aliphatic carbocycles. The molecule has 0 radical (unpaired) electrons. The summed E-state index contributed by atoms with van der Waals surface area (Å²) in [5.41, 5.74) is -0.694. The molecular weight excluding hydrogens is 152 g/mol. The number of rotatable bonds is 1. The molecule has 0 aromatic heterocycles. The van der Waals surface area contributed by atoms with Gasteiger partial charge in [0.05, 0.1) is 18.1 Å². The highest BCUT2D eigenvalue weighted by Gasteiger charge is 2.28. The molecule has 1 aliphatic rings. The molecule has 0 unspecified atom stereocenters. The first-order chi connectivity index (χ1) is 5.77. The third-order valence-corrected chi connectivity index (χ3v) is 1.94. The van der Waals surface area contributed by atoms with Crippen molar-refractivity contribution in [3.63, 3.8) is 0 Å². The summed E-state index contributed by atoms with van der Waals surface area (Å²) in [4.78, 5) is 0. The van der Waals surface area contributed by atoms with Crippen LogP contribution in [0, 0.1) is 11.3 Å². The van der Waals surface area contributed by atoms with Gasteiger partial charge < -0.3 is 10.4 Å². The number of nitrogens with zero attached hydrogens (tertiary/aromatic N) is 1. The van der Waals surface area contributed by atoms with E-state index in [2.05, 4.69) is 5.32 Å². The fourth-order valence-corrected chi connectivity index (χ4v) is 1.22. The Labute approximate surface area is 74.4 Å². The zero-order valence-corrected chi connectivity index (χ0v) is 7.93. The molecule has 0 bridgehead atoms. The number of nitriles is 1. The van der Waals surface area contributed by atoms with Crippen molar-refractivity contribution in [3.05, 3.63) is 0 Å². The fourth-order valence-electron chi connectivity index (χ4n) is 1.22. The van der Waals surface area contributed by atoms with Crippen molar-refractivity contribution in [1.29, 1.82) is 5.26 Å². The minimum Gasteiger partial charge on any atom is -0.389 e. The standard InChI is InChI=1S/C7H12N2O.C2H6/c8-4-1-7(10)2-5-9-6-3-7;1-2/h9-10H,1-3,5-6H2;1-2H3. The lowest BCUT2D eigenvalue weighted by molar-refractivity contribution is 0.0150. The average molecular weight is 170 g/mol. The highest BCUT2D eigenvalue weighted by Crippen LogP contribution is 2.20. The lowest BCUT2D eigenvalue weighted by Gasteiger charge is -2.29. The van der Waals surface area contributed by atoms with Crippen LogP contribution in [-0.2, 0) is 0 Å². The summed E-state index contributed by atoms with van der Waals surface area (Å²) >= 11 is 0. The van der Waals surface area contributed by atoms with Crippen molar-refractivity contribution in [2.75, 3.05) is 13.1 Å². The van der Waals surface area contributed by atoms with Gasteiger partial charge in [0.25, 0.3) is 0 Å². The quantitative estimate of drug-likeness (QED) is 0.618.